The maximum atomic E-state index is 13.0. The molecule has 8 nitrogen and oxygen atoms in total. The number of unbranched alkanes of at least 4 members (excludes halogenated alkanes) is 45. The van der Waals surface area contributed by atoms with Crippen LogP contribution in [0.15, 0.2) is 72.9 Å². The molecule has 0 saturated carbocycles. The number of likely N-dealkylation sites (N-methyl/N-ethyl adjacent to an activating group) is 1. The molecule has 0 radical (unpaired) electrons. The van der Waals surface area contributed by atoms with Crippen molar-refractivity contribution in [2.75, 3.05) is 40.9 Å². The van der Waals surface area contributed by atoms with Crippen LogP contribution in [0.2, 0.25) is 0 Å². The summed E-state index contributed by atoms with van der Waals surface area (Å²) < 4.78 is 23.5. The molecule has 3 atom stereocenters. The third-order valence-corrected chi connectivity index (χ3v) is 17.6. The molecule has 0 aromatic rings. The number of aliphatic hydroxyl groups is 1. The predicted octanol–water partition coefficient (Wildman–Crippen LogP) is 23.1. The van der Waals surface area contributed by atoms with E-state index in [4.69, 9.17) is 9.05 Å². The van der Waals surface area contributed by atoms with Crippen LogP contribution in [0.5, 0.6) is 0 Å². The normalized spacial score (nSPS) is 14.0. The van der Waals surface area contributed by atoms with Gasteiger partial charge in [-0.15, -0.1) is 0 Å². The molecule has 0 fully saturated rings. The highest BCUT2D eigenvalue weighted by Gasteiger charge is 2.23. The molecule has 0 aromatic carbocycles. The van der Waals surface area contributed by atoms with Crippen molar-refractivity contribution in [1.29, 1.82) is 0 Å². The van der Waals surface area contributed by atoms with Crippen molar-refractivity contribution in [2.45, 2.75) is 366 Å². The number of phosphoric acid groups is 1. The summed E-state index contributed by atoms with van der Waals surface area (Å²) in [6.07, 6.45) is 93.3. The average molecular weight is 1210 g/mol. The summed E-state index contributed by atoms with van der Waals surface area (Å²) in [5, 5.41) is 14.0. The van der Waals surface area contributed by atoms with Crippen molar-refractivity contribution in [2.24, 2.45) is 0 Å². The van der Waals surface area contributed by atoms with Crippen molar-refractivity contribution < 1.29 is 32.9 Å². The van der Waals surface area contributed by atoms with Crippen LogP contribution in [0.25, 0.3) is 0 Å². The van der Waals surface area contributed by atoms with Gasteiger partial charge in [0.05, 0.1) is 39.9 Å². The minimum absolute atomic E-state index is 0.00686. The van der Waals surface area contributed by atoms with Crippen molar-refractivity contribution in [3.63, 3.8) is 0 Å². The van der Waals surface area contributed by atoms with Crippen LogP contribution in [0.3, 0.4) is 0 Å². The summed E-state index contributed by atoms with van der Waals surface area (Å²) in [6, 6.07) is -0.907. The topological polar surface area (TPSA) is 108 Å². The maximum Gasteiger partial charge on any atom is 0.268 e. The molecular weight excluding hydrogens is 1070 g/mol. The van der Waals surface area contributed by atoms with Crippen molar-refractivity contribution in [3.05, 3.63) is 72.9 Å². The molecule has 1 amide bonds. The second kappa shape index (κ2) is 66.4. The van der Waals surface area contributed by atoms with Crippen LogP contribution in [0, 0.1) is 0 Å². The van der Waals surface area contributed by atoms with E-state index in [0.29, 0.717) is 17.4 Å². The first-order valence-corrected chi connectivity index (χ1v) is 38.3. The standard InChI is InChI=1S/C76H143N2O6P/c1-6-8-10-12-14-16-18-20-22-24-26-28-30-32-34-36-38-40-41-43-45-47-49-51-53-55-57-59-61-63-65-67-69-75(79)74(73-84-85(81,82)83-72-71-78(3,4)5)77-76(80)70-68-66-64-62-60-58-56-54-52-50-48-46-44-42-39-37-35-33-31-29-27-25-23-21-19-17-15-13-11-9-7-2/h9,11,15,17,21,23,27,29,59,61,67,69,74-75,79H,6-8,10,12-14,16,18-20,22,24-26,28,30-58,60,62-66,68,70-73H2,1-5H3,(H-,77,80,81,82)/b11-9-,17-15-,23-21-,29-27-,61-59+,69-67+. The number of amides is 1. The second-order valence-corrected chi connectivity index (χ2v) is 27.7. The number of rotatable bonds is 68. The Morgan fingerprint density at radius 3 is 1.09 bits per heavy atom. The minimum atomic E-state index is -4.62. The van der Waals surface area contributed by atoms with E-state index in [1.54, 1.807) is 6.08 Å². The highest BCUT2D eigenvalue weighted by Crippen LogP contribution is 2.38. The SMILES string of the molecule is CC/C=C\C/C=C\C/C=C\C/C=C\CCCCCCCCCCCCCCCCCCCCC(=O)NC(COP(=O)([O-])OCC[N+](C)(C)C)C(O)/C=C/CC/C=C/CCCCCCCCCCCCCCCCCCCCCCCCCCCC. The lowest BCUT2D eigenvalue weighted by Gasteiger charge is -2.29. The summed E-state index contributed by atoms with van der Waals surface area (Å²) in [4.78, 5) is 25.7. The van der Waals surface area contributed by atoms with Gasteiger partial charge in [-0.05, 0) is 70.6 Å². The molecule has 0 saturated heterocycles. The van der Waals surface area contributed by atoms with E-state index in [-0.39, 0.29) is 12.5 Å². The smallest absolute Gasteiger partial charge is 0.268 e. The second-order valence-electron chi connectivity index (χ2n) is 26.3. The summed E-state index contributed by atoms with van der Waals surface area (Å²) in [6.45, 7) is 4.56. The third kappa shape index (κ3) is 69.3. The molecule has 0 bridgehead atoms. The lowest BCUT2D eigenvalue weighted by Crippen LogP contribution is -2.45. The maximum absolute atomic E-state index is 13.0. The van der Waals surface area contributed by atoms with E-state index >= 15 is 0 Å². The Bertz CT molecular complexity index is 1620. The van der Waals surface area contributed by atoms with E-state index in [2.05, 4.69) is 79.9 Å². The number of nitrogens with one attached hydrogen (secondary N) is 1. The molecule has 0 heterocycles. The third-order valence-electron chi connectivity index (χ3n) is 16.7. The lowest BCUT2D eigenvalue weighted by atomic mass is 10.0. The Morgan fingerprint density at radius 1 is 0.424 bits per heavy atom. The molecule has 0 aliphatic carbocycles. The summed E-state index contributed by atoms with van der Waals surface area (Å²) in [5.74, 6) is -0.203. The van der Waals surface area contributed by atoms with E-state index in [1.807, 2.05) is 27.2 Å². The predicted molar refractivity (Wildman–Crippen MR) is 371 cm³/mol. The largest absolute Gasteiger partial charge is 0.756 e. The lowest BCUT2D eigenvalue weighted by molar-refractivity contribution is -0.870. The molecule has 0 aliphatic rings. The molecule has 0 spiro atoms. The van der Waals surface area contributed by atoms with Crippen LogP contribution in [0.4, 0.5) is 0 Å². The van der Waals surface area contributed by atoms with Gasteiger partial charge < -0.3 is 28.8 Å². The quantitative estimate of drug-likeness (QED) is 0.0272. The monoisotopic (exact) mass is 1210 g/mol. The molecule has 498 valence electrons. The molecule has 0 aromatic heterocycles. The molecule has 0 aliphatic heterocycles. The Hall–Kier alpha value is -2.06. The Kier molecular flexibility index (Phi) is 64.8. The van der Waals surface area contributed by atoms with Crippen LogP contribution in [0.1, 0.15) is 354 Å². The fourth-order valence-electron chi connectivity index (χ4n) is 11.0. The zero-order valence-corrected chi connectivity index (χ0v) is 58.0. The number of hydrogen-bond acceptors (Lipinski definition) is 6. The van der Waals surface area contributed by atoms with Crippen LogP contribution >= 0.6 is 7.82 Å². The summed E-state index contributed by atoms with van der Waals surface area (Å²) >= 11 is 0. The zero-order chi connectivity index (χ0) is 61.9. The number of allylic oxidation sites excluding steroid dienone is 11. The van der Waals surface area contributed by atoms with Gasteiger partial charge in [0.25, 0.3) is 7.82 Å². The zero-order valence-electron chi connectivity index (χ0n) is 57.1. The molecule has 3 unspecified atom stereocenters. The molecule has 9 heteroatoms. The van der Waals surface area contributed by atoms with Gasteiger partial charge in [0.2, 0.25) is 5.91 Å². The van der Waals surface area contributed by atoms with Gasteiger partial charge >= 0.3 is 0 Å². The van der Waals surface area contributed by atoms with Gasteiger partial charge in [0.1, 0.15) is 13.2 Å². The van der Waals surface area contributed by atoms with E-state index < -0.39 is 26.6 Å². The molecule has 85 heavy (non-hydrogen) atoms. The van der Waals surface area contributed by atoms with Crippen LogP contribution in [-0.2, 0) is 18.4 Å². The molecule has 0 rings (SSSR count). The Morgan fingerprint density at radius 2 is 0.729 bits per heavy atom. The number of aliphatic hydroxyl groups excluding tert-OH is 1. The first-order valence-electron chi connectivity index (χ1n) is 36.8. The van der Waals surface area contributed by atoms with Gasteiger partial charge in [-0.25, -0.2) is 0 Å². The van der Waals surface area contributed by atoms with Crippen LogP contribution in [-0.4, -0.2) is 68.5 Å². The number of hydrogen-bond donors (Lipinski definition) is 2. The average Bonchev–Trinajstić information content (AvgIpc) is 3.49. The first-order chi connectivity index (χ1) is 41.5. The van der Waals surface area contributed by atoms with Gasteiger partial charge in [-0.1, -0.05) is 350 Å². The highest BCUT2D eigenvalue weighted by molar-refractivity contribution is 7.45. The number of phosphoric ester groups is 1. The van der Waals surface area contributed by atoms with Crippen LogP contribution < -0.4 is 10.2 Å². The summed E-state index contributed by atoms with van der Waals surface area (Å²) in [7, 11) is 1.25. The van der Waals surface area contributed by atoms with E-state index in [9.17, 15) is 19.4 Å². The van der Waals surface area contributed by atoms with Crippen molar-refractivity contribution >= 4 is 13.7 Å². The van der Waals surface area contributed by atoms with Gasteiger partial charge in [0, 0.05) is 6.42 Å². The van der Waals surface area contributed by atoms with Crippen molar-refractivity contribution in [3.8, 4) is 0 Å². The minimum Gasteiger partial charge on any atom is -0.756 e. The molecule has 2 N–H and O–H groups in total. The molecular formula is C76H143N2O6P. The van der Waals surface area contributed by atoms with Gasteiger partial charge in [0.15, 0.2) is 0 Å². The van der Waals surface area contributed by atoms with Gasteiger partial charge in [-0.3, -0.25) is 9.36 Å². The van der Waals surface area contributed by atoms with E-state index in [0.717, 1.165) is 64.2 Å². The number of nitrogens with zero attached hydrogens (tertiary/aromatic N) is 1. The fraction of sp³-hybridized carbons (Fsp3) is 0.829. The van der Waals surface area contributed by atoms with E-state index in [1.165, 1.54) is 270 Å². The van der Waals surface area contributed by atoms with Crippen molar-refractivity contribution in [1.82, 2.24) is 5.32 Å². The Balaban J connectivity index is 4.06. The number of quaternary nitrogens is 1. The first kappa shape index (κ1) is 82.9. The fourth-order valence-corrected chi connectivity index (χ4v) is 11.7. The number of carbonyl (C=O) groups is 1. The van der Waals surface area contributed by atoms with Gasteiger partial charge in [-0.2, -0.15) is 0 Å². The summed E-state index contributed by atoms with van der Waals surface area (Å²) in [5.41, 5.74) is 0. The highest BCUT2D eigenvalue weighted by atomic mass is 31.2. The number of carbonyl (C=O) groups excluding carboxylic acids is 1. The Labute approximate surface area is 529 Å².